The molecule has 0 aliphatic rings. The molecule has 0 fully saturated rings. The van der Waals surface area contributed by atoms with Gasteiger partial charge in [-0.3, -0.25) is 0 Å². The number of hydrogen-bond donors (Lipinski definition) is 1. The molecule has 0 spiro atoms. The molecule has 1 aromatic heterocycles. The summed E-state index contributed by atoms with van der Waals surface area (Å²) >= 11 is 8.48. The molecule has 0 aromatic carbocycles. The van der Waals surface area contributed by atoms with Crippen LogP contribution in [0.25, 0.3) is 0 Å². The molecule has 7 heteroatoms. The number of hydrogen-bond acceptors (Lipinski definition) is 3. The van der Waals surface area contributed by atoms with E-state index in [1.165, 1.54) is 0 Å². The van der Waals surface area contributed by atoms with Gasteiger partial charge in [-0.1, -0.05) is 0 Å². The van der Waals surface area contributed by atoms with Crippen molar-refractivity contribution < 1.29 is 13.5 Å². The second kappa shape index (κ2) is 7.78. The Morgan fingerprint density at radius 1 is 1.47 bits per heavy atom. The molecule has 98 valence electrons. The Hall–Kier alpha value is 0.440. The van der Waals surface area contributed by atoms with E-state index in [9.17, 15) is 8.78 Å². The van der Waals surface area contributed by atoms with Crippen LogP contribution in [0.2, 0.25) is 0 Å². The Morgan fingerprint density at radius 2 is 2.18 bits per heavy atom. The second-order valence-corrected chi connectivity index (χ2v) is 7.12. The zero-order valence-electron chi connectivity index (χ0n) is 9.18. The molecule has 0 saturated heterocycles. The maximum absolute atomic E-state index is 11.9. The second-order valence-electron chi connectivity index (χ2n) is 3.38. The molecule has 0 saturated carbocycles. The Kier molecular flexibility index (Phi) is 7.10. The maximum atomic E-state index is 11.9. The Balaban J connectivity index is 2.46. The standard InChI is InChI=1S/C10H13Br2F2NOS/c1-15-7(2-3-16-5-9(13)14)6-4-8(11)17-10(6)12/h4,7,9,15H,2-3,5H2,1H3. The summed E-state index contributed by atoms with van der Waals surface area (Å²) in [6.07, 6.45) is -1.74. The molecule has 0 aliphatic carbocycles. The predicted molar refractivity (Wildman–Crippen MR) is 73.0 cm³/mol. The molecule has 0 bridgehead atoms. The largest absolute Gasteiger partial charge is 0.375 e. The number of rotatable bonds is 7. The molecular weight excluding hydrogens is 380 g/mol. The van der Waals surface area contributed by atoms with Crippen LogP contribution >= 0.6 is 43.2 Å². The summed E-state index contributed by atoms with van der Waals surface area (Å²) in [5.41, 5.74) is 1.12. The van der Waals surface area contributed by atoms with Gasteiger partial charge in [0.2, 0.25) is 0 Å². The Bertz CT molecular complexity index is 349. The van der Waals surface area contributed by atoms with E-state index < -0.39 is 13.0 Å². The van der Waals surface area contributed by atoms with Gasteiger partial charge < -0.3 is 10.1 Å². The first-order valence-electron chi connectivity index (χ1n) is 5.02. The SMILES string of the molecule is CNC(CCOCC(F)F)c1cc(Br)sc1Br. The monoisotopic (exact) mass is 391 g/mol. The summed E-state index contributed by atoms with van der Waals surface area (Å²) in [4.78, 5) is 0. The average Bonchev–Trinajstić information content (AvgIpc) is 2.58. The van der Waals surface area contributed by atoms with E-state index in [-0.39, 0.29) is 6.04 Å². The van der Waals surface area contributed by atoms with Crippen LogP contribution in [0.4, 0.5) is 8.78 Å². The Morgan fingerprint density at radius 3 is 2.65 bits per heavy atom. The van der Waals surface area contributed by atoms with Crippen LogP contribution in [0.5, 0.6) is 0 Å². The fraction of sp³-hybridized carbons (Fsp3) is 0.600. The molecule has 1 rings (SSSR count). The van der Waals surface area contributed by atoms with Gasteiger partial charge in [-0.05, 0) is 57.0 Å². The topological polar surface area (TPSA) is 21.3 Å². The van der Waals surface area contributed by atoms with Gasteiger partial charge in [0.25, 0.3) is 6.43 Å². The fourth-order valence-corrected chi connectivity index (χ4v) is 4.39. The third-order valence-corrected chi connectivity index (χ3v) is 4.59. The van der Waals surface area contributed by atoms with Crippen molar-refractivity contribution in [3.05, 3.63) is 19.2 Å². The number of nitrogens with one attached hydrogen (secondary N) is 1. The van der Waals surface area contributed by atoms with Gasteiger partial charge in [-0.2, -0.15) is 0 Å². The highest BCUT2D eigenvalue weighted by atomic mass is 79.9. The van der Waals surface area contributed by atoms with Gasteiger partial charge >= 0.3 is 0 Å². The molecule has 1 aromatic rings. The number of ether oxygens (including phenoxy) is 1. The molecule has 1 N–H and O–H groups in total. The molecule has 0 amide bonds. The highest BCUT2D eigenvalue weighted by Gasteiger charge is 2.15. The van der Waals surface area contributed by atoms with E-state index in [2.05, 4.69) is 37.2 Å². The maximum Gasteiger partial charge on any atom is 0.261 e. The summed E-state index contributed by atoms with van der Waals surface area (Å²) in [6, 6.07) is 2.12. The fourth-order valence-electron chi connectivity index (χ4n) is 1.42. The summed E-state index contributed by atoms with van der Waals surface area (Å²) < 4.78 is 30.7. The first-order chi connectivity index (χ1) is 8.04. The normalized spacial score (nSPS) is 13.3. The third kappa shape index (κ3) is 5.30. The van der Waals surface area contributed by atoms with Crippen LogP contribution in [0.15, 0.2) is 13.6 Å². The van der Waals surface area contributed by atoms with Gasteiger partial charge in [-0.15, -0.1) is 11.3 Å². The quantitative estimate of drug-likeness (QED) is 0.702. The number of thiophene rings is 1. The zero-order chi connectivity index (χ0) is 12.8. The van der Waals surface area contributed by atoms with Crippen LogP contribution in [0.1, 0.15) is 18.0 Å². The van der Waals surface area contributed by atoms with E-state index in [4.69, 9.17) is 4.74 Å². The molecule has 2 nitrogen and oxygen atoms in total. The molecule has 0 radical (unpaired) electrons. The molecular formula is C10H13Br2F2NOS. The summed E-state index contributed by atoms with van der Waals surface area (Å²) in [5, 5.41) is 3.15. The van der Waals surface area contributed by atoms with Gasteiger partial charge in [0.15, 0.2) is 0 Å². The molecule has 17 heavy (non-hydrogen) atoms. The zero-order valence-corrected chi connectivity index (χ0v) is 13.2. The van der Waals surface area contributed by atoms with E-state index >= 15 is 0 Å². The predicted octanol–water partition coefficient (Wildman–Crippen LogP) is 4.21. The molecule has 0 aliphatic heterocycles. The average molecular weight is 393 g/mol. The van der Waals surface area contributed by atoms with Gasteiger partial charge in [0, 0.05) is 12.6 Å². The van der Waals surface area contributed by atoms with Crippen LogP contribution in [0.3, 0.4) is 0 Å². The lowest BCUT2D eigenvalue weighted by Crippen LogP contribution is -2.19. The highest BCUT2D eigenvalue weighted by molar-refractivity contribution is 9.12. The lowest BCUT2D eigenvalue weighted by molar-refractivity contribution is 0.0145. The van der Waals surface area contributed by atoms with E-state index in [1.807, 2.05) is 13.1 Å². The van der Waals surface area contributed by atoms with Crippen LogP contribution in [0, 0.1) is 0 Å². The minimum atomic E-state index is -2.40. The summed E-state index contributed by atoms with van der Waals surface area (Å²) in [5.74, 6) is 0. The number of halogens is 4. The van der Waals surface area contributed by atoms with Gasteiger partial charge in [0.1, 0.15) is 6.61 Å². The minimum absolute atomic E-state index is 0.101. The first kappa shape index (κ1) is 15.5. The van der Waals surface area contributed by atoms with Crippen molar-refractivity contribution in [3.63, 3.8) is 0 Å². The highest BCUT2D eigenvalue weighted by Crippen LogP contribution is 2.36. The van der Waals surface area contributed by atoms with Crippen molar-refractivity contribution in [3.8, 4) is 0 Å². The van der Waals surface area contributed by atoms with E-state index in [0.29, 0.717) is 13.0 Å². The van der Waals surface area contributed by atoms with Crippen molar-refractivity contribution >= 4 is 43.2 Å². The van der Waals surface area contributed by atoms with Crippen molar-refractivity contribution in [2.24, 2.45) is 0 Å². The van der Waals surface area contributed by atoms with Gasteiger partial charge in [-0.25, -0.2) is 8.78 Å². The van der Waals surface area contributed by atoms with Crippen molar-refractivity contribution in [1.82, 2.24) is 5.32 Å². The smallest absolute Gasteiger partial charge is 0.261 e. The van der Waals surface area contributed by atoms with Crippen LogP contribution in [-0.2, 0) is 4.74 Å². The van der Waals surface area contributed by atoms with E-state index in [0.717, 1.165) is 13.1 Å². The van der Waals surface area contributed by atoms with Crippen LogP contribution < -0.4 is 5.32 Å². The Labute approximate surface area is 120 Å². The lowest BCUT2D eigenvalue weighted by Gasteiger charge is -2.15. The lowest BCUT2D eigenvalue weighted by atomic mass is 10.1. The summed E-state index contributed by atoms with van der Waals surface area (Å²) in [7, 11) is 1.84. The van der Waals surface area contributed by atoms with Gasteiger partial charge in [0.05, 0.1) is 7.57 Å². The van der Waals surface area contributed by atoms with Crippen molar-refractivity contribution in [2.45, 2.75) is 18.9 Å². The van der Waals surface area contributed by atoms with Crippen molar-refractivity contribution in [2.75, 3.05) is 20.3 Å². The summed E-state index contributed by atoms with van der Waals surface area (Å²) in [6.45, 7) is -0.180. The number of alkyl halides is 2. The molecule has 1 heterocycles. The van der Waals surface area contributed by atoms with Crippen molar-refractivity contribution in [1.29, 1.82) is 0 Å². The van der Waals surface area contributed by atoms with Crippen LogP contribution in [-0.4, -0.2) is 26.7 Å². The molecule has 1 unspecified atom stereocenters. The minimum Gasteiger partial charge on any atom is -0.375 e. The van der Waals surface area contributed by atoms with E-state index in [1.54, 1.807) is 11.3 Å². The molecule has 1 atom stereocenters. The third-order valence-electron chi connectivity index (χ3n) is 2.20. The first-order valence-corrected chi connectivity index (χ1v) is 7.42.